The molecule has 0 rings (SSSR count). The smallest absolute Gasteiger partial charge is 0.326 e. The third-order valence-electron chi connectivity index (χ3n) is 1.72. The molecule has 0 aliphatic heterocycles. The summed E-state index contributed by atoms with van der Waals surface area (Å²) >= 11 is 0. The van der Waals surface area contributed by atoms with E-state index in [2.05, 4.69) is 10.6 Å². The van der Waals surface area contributed by atoms with Crippen LogP contribution in [-0.4, -0.2) is 47.2 Å². The van der Waals surface area contributed by atoms with Crippen LogP contribution in [0.25, 0.3) is 0 Å². The number of nitrogens with one attached hydrogen (secondary N) is 2. The first-order valence-corrected chi connectivity index (χ1v) is 4.92. The van der Waals surface area contributed by atoms with Crippen LogP contribution in [0.4, 0.5) is 0 Å². The van der Waals surface area contributed by atoms with E-state index in [9.17, 15) is 14.4 Å². The second kappa shape index (κ2) is 7.63. The normalized spacial score (nSPS) is 11.8. The number of carboxylic acid groups (broad SMARTS) is 2. The fourth-order valence-corrected chi connectivity index (χ4v) is 0.999. The molecule has 0 fully saturated rings. The monoisotopic (exact) mass is 232 g/mol. The highest BCUT2D eigenvalue weighted by Crippen LogP contribution is 1.92. The Bertz CT molecular complexity index is 267. The van der Waals surface area contributed by atoms with Crippen LogP contribution in [0.5, 0.6) is 0 Å². The molecule has 0 aromatic heterocycles. The summed E-state index contributed by atoms with van der Waals surface area (Å²) in [5, 5.41) is 22.0. The average Bonchev–Trinajstić information content (AvgIpc) is 2.16. The maximum Gasteiger partial charge on any atom is 0.326 e. The minimum Gasteiger partial charge on any atom is -0.481 e. The minimum absolute atomic E-state index is 0.0166. The van der Waals surface area contributed by atoms with Crippen molar-refractivity contribution in [2.24, 2.45) is 0 Å². The van der Waals surface area contributed by atoms with Crippen LogP contribution in [0.15, 0.2) is 0 Å². The van der Waals surface area contributed by atoms with Gasteiger partial charge in [-0.25, -0.2) is 4.79 Å². The van der Waals surface area contributed by atoms with Crippen LogP contribution in [0.2, 0.25) is 0 Å². The van der Waals surface area contributed by atoms with Crippen molar-refractivity contribution < 1.29 is 24.6 Å². The minimum atomic E-state index is -1.38. The number of hydrogen-bond acceptors (Lipinski definition) is 4. The molecule has 0 radical (unpaired) electrons. The largest absolute Gasteiger partial charge is 0.481 e. The topological polar surface area (TPSA) is 116 Å². The molecular weight excluding hydrogens is 216 g/mol. The molecule has 16 heavy (non-hydrogen) atoms. The molecule has 0 heterocycles. The van der Waals surface area contributed by atoms with Crippen molar-refractivity contribution in [2.75, 3.05) is 13.1 Å². The summed E-state index contributed by atoms with van der Waals surface area (Å²) in [6, 6.07) is -1.38. The van der Waals surface area contributed by atoms with E-state index in [0.717, 1.165) is 6.42 Å². The van der Waals surface area contributed by atoms with Crippen LogP contribution < -0.4 is 10.6 Å². The molecule has 0 saturated heterocycles. The first-order valence-electron chi connectivity index (χ1n) is 4.92. The van der Waals surface area contributed by atoms with E-state index in [0.29, 0.717) is 6.54 Å². The lowest BCUT2D eigenvalue weighted by molar-refractivity contribution is -0.147. The number of carbonyl (C=O) groups is 3. The quantitative estimate of drug-likeness (QED) is 0.400. The van der Waals surface area contributed by atoms with Crippen molar-refractivity contribution in [1.29, 1.82) is 0 Å². The summed E-state index contributed by atoms with van der Waals surface area (Å²) in [7, 11) is 0. The molecule has 0 spiro atoms. The second-order valence-corrected chi connectivity index (χ2v) is 3.23. The van der Waals surface area contributed by atoms with Crippen LogP contribution in [0, 0.1) is 0 Å². The van der Waals surface area contributed by atoms with Gasteiger partial charge in [0.1, 0.15) is 6.04 Å². The van der Waals surface area contributed by atoms with Crippen molar-refractivity contribution in [1.82, 2.24) is 10.6 Å². The van der Waals surface area contributed by atoms with Crippen LogP contribution >= 0.6 is 0 Å². The third-order valence-corrected chi connectivity index (χ3v) is 1.72. The average molecular weight is 232 g/mol. The molecule has 0 bridgehead atoms. The first-order chi connectivity index (χ1) is 7.47. The van der Waals surface area contributed by atoms with E-state index in [1.165, 1.54) is 0 Å². The van der Waals surface area contributed by atoms with Gasteiger partial charge in [0.25, 0.3) is 0 Å². The predicted octanol–water partition coefficient (Wildman–Crippen LogP) is -0.970. The van der Waals surface area contributed by atoms with Gasteiger partial charge in [-0.2, -0.15) is 0 Å². The predicted molar refractivity (Wildman–Crippen MR) is 55.0 cm³/mol. The Hall–Kier alpha value is -1.63. The Morgan fingerprint density at radius 3 is 2.31 bits per heavy atom. The van der Waals surface area contributed by atoms with Gasteiger partial charge in [0.15, 0.2) is 0 Å². The Kier molecular flexibility index (Phi) is 6.86. The fraction of sp³-hybridized carbons (Fsp3) is 0.667. The molecule has 0 aromatic rings. The Morgan fingerprint density at radius 2 is 1.88 bits per heavy atom. The molecule has 1 amide bonds. The van der Waals surface area contributed by atoms with E-state index in [4.69, 9.17) is 10.2 Å². The molecule has 7 heteroatoms. The van der Waals surface area contributed by atoms with Crippen molar-refractivity contribution >= 4 is 17.8 Å². The molecule has 0 aliphatic rings. The van der Waals surface area contributed by atoms with Gasteiger partial charge in [-0.15, -0.1) is 0 Å². The SMILES string of the molecule is CCCNCC(=O)NC(CC(=O)O)C(=O)O. The second-order valence-electron chi connectivity index (χ2n) is 3.23. The van der Waals surface area contributed by atoms with E-state index < -0.39 is 30.3 Å². The maximum atomic E-state index is 11.2. The Morgan fingerprint density at radius 1 is 1.25 bits per heavy atom. The van der Waals surface area contributed by atoms with Gasteiger partial charge in [-0.3, -0.25) is 9.59 Å². The number of carboxylic acids is 2. The highest BCUT2D eigenvalue weighted by Gasteiger charge is 2.22. The summed E-state index contributed by atoms with van der Waals surface area (Å²) in [4.78, 5) is 32.1. The number of amides is 1. The maximum absolute atomic E-state index is 11.2. The van der Waals surface area contributed by atoms with E-state index in [-0.39, 0.29) is 6.54 Å². The molecule has 0 aromatic carbocycles. The number of carbonyl (C=O) groups excluding carboxylic acids is 1. The van der Waals surface area contributed by atoms with Gasteiger partial charge in [-0.1, -0.05) is 6.92 Å². The van der Waals surface area contributed by atoms with E-state index >= 15 is 0 Å². The van der Waals surface area contributed by atoms with E-state index in [1.54, 1.807) is 0 Å². The Labute approximate surface area is 92.8 Å². The summed E-state index contributed by atoms with van der Waals surface area (Å²) in [6.45, 7) is 2.55. The summed E-state index contributed by atoms with van der Waals surface area (Å²) in [6.07, 6.45) is 0.222. The lowest BCUT2D eigenvalue weighted by Crippen LogP contribution is -2.45. The molecule has 1 atom stereocenters. The fourth-order valence-electron chi connectivity index (χ4n) is 0.999. The van der Waals surface area contributed by atoms with Gasteiger partial charge in [0.2, 0.25) is 5.91 Å². The third kappa shape index (κ3) is 6.77. The molecule has 92 valence electrons. The molecule has 7 nitrogen and oxygen atoms in total. The number of rotatable bonds is 8. The lowest BCUT2D eigenvalue weighted by Gasteiger charge is -2.12. The zero-order chi connectivity index (χ0) is 12.6. The summed E-state index contributed by atoms with van der Waals surface area (Å²) in [5.41, 5.74) is 0. The van der Waals surface area contributed by atoms with Crippen molar-refractivity contribution in [3.63, 3.8) is 0 Å². The van der Waals surface area contributed by atoms with Gasteiger partial charge >= 0.3 is 11.9 Å². The highest BCUT2D eigenvalue weighted by molar-refractivity contribution is 5.87. The molecule has 1 unspecified atom stereocenters. The van der Waals surface area contributed by atoms with Crippen LogP contribution in [0.1, 0.15) is 19.8 Å². The Balaban J connectivity index is 4.03. The van der Waals surface area contributed by atoms with Gasteiger partial charge in [0, 0.05) is 0 Å². The molecule has 0 saturated carbocycles. The molecule has 4 N–H and O–H groups in total. The number of aliphatic carboxylic acids is 2. The first kappa shape index (κ1) is 14.4. The van der Waals surface area contributed by atoms with Crippen molar-refractivity contribution in [3.8, 4) is 0 Å². The standard InChI is InChI=1S/C9H16N2O5/c1-2-3-10-5-7(12)11-6(9(15)16)4-8(13)14/h6,10H,2-5H2,1H3,(H,11,12)(H,13,14)(H,15,16). The lowest BCUT2D eigenvalue weighted by atomic mass is 10.2. The van der Waals surface area contributed by atoms with Crippen LogP contribution in [-0.2, 0) is 14.4 Å². The molecular formula is C9H16N2O5. The summed E-state index contributed by atoms with van der Waals surface area (Å²) in [5.74, 6) is -3.15. The van der Waals surface area contributed by atoms with Gasteiger partial charge in [-0.05, 0) is 13.0 Å². The van der Waals surface area contributed by atoms with Gasteiger partial charge in [0.05, 0.1) is 13.0 Å². The highest BCUT2D eigenvalue weighted by atomic mass is 16.4. The van der Waals surface area contributed by atoms with Gasteiger partial charge < -0.3 is 20.8 Å². The molecule has 0 aliphatic carbocycles. The van der Waals surface area contributed by atoms with Crippen molar-refractivity contribution in [2.45, 2.75) is 25.8 Å². The van der Waals surface area contributed by atoms with Crippen molar-refractivity contribution in [3.05, 3.63) is 0 Å². The summed E-state index contributed by atoms with van der Waals surface area (Å²) < 4.78 is 0. The van der Waals surface area contributed by atoms with Crippen LogP contribution in [0.3, 0.4) is 0 Å². The van der Waals surface area contributed by atoms with E-state index in [1.807, 2.05) is 6.92 Å². The zero-order valence-electron chi connectivity index (χ0n) is 9.02. The zero-order valence-corrected chi connectivity index (χ0v) is 9.02. The number of hydrogen-bond donors (Lipinski definition) is 4.